The fourth-order valence-corrected chi connectivity index (χ4v) is 15.9. The fourth-order valence-electron chi connectivity index (χ4n) is 1.46. The second kappa shape index (κ2) is 16.2. The van der Waals surface area contributed by atoms with E-state index in [0.717, 1.165) is 13.2 Å². The number of hydrogen-bond acceptors (Lipinski definition) is 6. The van der Waals surface area contributed by atoms with Gasteiger partial charge in [-0.1, -0.05) is 74.5 Å². The molecule has 0 heterocycles. The van der Waals surface area contributed by atoms with E-state index in [1.807, 2.05) is 41.2 Å². The molecule has 0 bridgehead atoms. The highest BCUT2D eigenvalue weighted by Gasteiger charge is 2.19. The van der Waals surface area contributed by atoms with E-state index in [1.54, 1.807) is 0 Å². The summed E-state index contributed by atoms with van der Waals surface area (Å²) >= 11 is 0. The smallest absolute Gasteiger partial charge is 0.0982 e. The van der Waals surface area contributed by atoms with Crippen LogP contribution in [0.4, 0.5) is 0 Å². The third kappa shape index (κ3) is 13.1. The predicted octanol–water partition coefficient (Wildman–Crippen LogP) is 6.00. The van der Waals surface area contributed by atoms with Gasteiger partial charge in [-0.15, -0.1) is 0 Å². The Hall–Kier alpha value is 1.75. The molecule has 0 spiro atoms. The monoisotopic (exact) mass is 418 g/mol. The van der Waals surface area contributed by atoms with Gasteiger partial charge in [-0.25, -0.2) is 0 Å². The maximum Gasteiger partial charge on any atom is 0.0982 e. The van der Waals surface area contributed by atoms with E-state index in [-0.39, 0.29) is 0 Å². The van der Waals surface area contributed by atoms with Crippen LogP contribution in [0.5, 0.6) is 0 Å². The van der Waals surface area contributed by atoms with E-state index in [4.69, 9.17) is 9.47 Å². The second-order valence-corrected chi connectivity index (χ2v) is 19.2. The van der Waals surface area contributed by atoms with Gasteiger partial charge in [0, 0.05) is 13.2 Å². The summed E-state index contributed by atoms with van der Waals surface area (Å²) in [6.07, 6.45) is 4.78. The minimum Gasteiger partial charge on any atom is -0.371 e. The van der Waals surface area contributed by atoms with Crippen LogP contribution in [0.3, 0.4) is 0 Å². The minimum absolute atomic E-state index is 0.431. The van der Waals surface area contributed by atoms with Gasteiger partial charge in [0.2, 0.25) is 0 Å². The molecule has 0 N–H and O–H groups in total. The zero-order chi connectivity index (χ0) is 16.8. The molecule has 8 heteroatoms. The van der Waals surface area contributed by atoms with E-state index >= 15 is 0 Å². The van der Waals surface area contributed by atoms with Crippen LogP contribution in [-0.2, 0) is 9.47 Å². The Morgan fingerprint density at radius 2 is 1.09 bits per heavy atom. The first-order valence-corrected chi connectivity index (χ1v) is 19.3. The number of hydrogen-bond donors (Lipinski definition) is 0. The zero-order valence-corrected chi connectivity index (χ0v) is 20.6. The molecular formula is C14H34O2S4Si2. The molecule has 2 atom stereocenters. The Balaban J connectivity index is 3.92. The van der Waals surface area contributed by atoms with Crippen molar-refractivity contribution in [3.63, 3.8) is 0 Å². The first-order valence-electron chi connectivity index (χ1n) is 8.41. The first kappa shape index (κ1) is 23.8. The van der Waals surface area contributed by atoms with Gasteiger partial charge in [-0.05, 0) is 32.5 Å². The molecule has 0 saturated heterocycles. The summed E-state index contributed by atoms with van der Waals surface area (Å²) in [5, 5.41) is 0.862. The van der Waals surface area contributed by atoms with E-state index in [9.17, 15) is 0 Å². The highest BCUT2D eigenvalue weighted by Crippen LogP contribution is 2.47. The lowest BCUT2D eigenvalue weighted by molar-refractivity contribution is 0.152. The maximum atomic E-state index is 6.04. The summed E-state index contributed by atoms with van der Waals surface area (Å²) in [6.45, 7) is 15.8. The molecule has 0 fully saturated rings. The Kier molecular flexibility index (Phi) is 17.5. The summed E-state index contributed by atoms with van der Waals surface area (Å²) in [6, 6.07) is 0. The van der Waals surface area contributed by atoms with Crippen molar-refractivity contribution in [3.8, 4) is 0 Å². The second-order valence-electron chi connectivity index (χ2n) is 6.00. The van der Waals surface area contributed by atoms with Gasteiger partial charge < -0.3 is 9.47 Å². The van der Waals surface area contributed by atoms with Crippen molar-refractivity contribution in [2.24, 2.45) is 0 Å². The summed E-state index contributed by atoms with van der Waals surface area (Å²) in [7, 11) is 6.08. The first-order chi connectivity index (χ1) is 10.5. The van der Waals surface area contributed by atoms with Crippen LogP contribution in [0.1, 0.15) is 39.5 Å². The molecule has 134 valence electrons. The van der Waals surface area contributed by atoms with Gasteiger partial charge in [0.05, 0.1) is 27.7 Å². The van der Waals surface area contributed by atoms with Crippen molar-refractivity contribution >= 4 is 58.8 Å². The van der Waals surface area contributed by atoms with Crippen LogP contribution in [0.2, 0.25) is 26.2 Å². The SMILES string of the molecule is CCCCOC(SSSSC(OCCCC)[SiH](C)C)[SiH](C)C. The van der Waals surface area contributed by atoms with Crippen LogP contribution < -0.4 is 0 Å². The Morgan fingerprint density at radius 1 is 0.727 bits per heavy atom. The molecule has 2 nitrogen and oxygen atoms in total. The highest BCUT2D eigenvalue weighted by atomic mass is 33.7. The molecule has 2 unspecified atom stereocenters. The van der Waals surface area contributed by atoms with E-state index in [0.29, 0.717) is 10.1 Å². The molecule has 0 aromatic heterocycles. The Bertz CT molecular complexity index is 225. The molecule has 0 aliphatic carbocycles. The maximum absolute atomic E-state index is 6.04. The van der Waals surface area contributed by atoms with Crippen molar-refractivity contribution in [2.45, 2.75) is 75.8 Å². The molecule has 0 rings (SSSR count). The van der Waals surface area contributed by atoms with Crippen molar-refractivity contribution in [2.75, 3.05) is 13.2 Å². The summed E-state index contributed by atoms with van der Waals surface area (Å²) in [5.74, 6) is 0. The molecule has 0 saturated carbocycles. The van der Waals surface area contributed by atoms with Gasteiger partial charge >= 0.3 is 0 Å². The molecule has 0 aromatic carbocycles. The third-order valence-corrected chi connectivity index (χ3v) is 16.8. The molecule has 0 aromatic rings. The van der Waals surface area contributed by atoms with Crippen molar-refractivity contribution in [3.05, 3.63) is 0 Å². The predicted molar refractivity (Wildman–Crippen MR) is 117 cm³/mol. The Morgan fingerprint density at radius 3 is 1.36 bits per heavy atom. The third-order valence-electron chi connectivity index (χ3n) is 2.94. The van der Waals surface area contributed by atoms with Gasteiger partial charge in [0.25, 0.3) is 0 Å². The molecule has 0 amide bonds. The molecular weight excluding hydrogens is 385 g/mol. The summed E-state index contributed by atoms with van der Waals surface area (Å²) in [5.41, 5.74) is 0. The fraction of sp³-hybridized carbons (Fsp3) is 1.00. The van der Waals surface area contributed by atoms with Gasteiger partial charge in [-0.3, -0.25) is 0 Å². The quantitative estimate of drug-likeness (QED) is 0.139. The lowest BCUT2D eigenvalue weighted by atomic mass is 10.4. The average Bonchev–Trinajstić information content (AvgIpc) is 2.47. The number of unbranched alkanes of at least 4 members (excludes halogenated alkanes) is 2. The van der Waals surface area contributed by atoms with Crippen LogP contribution in [0, 0.1) is 0 Å². The van der Waals surface area contributed by atoms with E-state index < -0.39 is 17.6 Å². The topological polar surface area (TPSA) is 18.5 Å². The van der Waals surface area contributed by atoms with Crippen molar-refractivity contribution < 1.29 is 9.47 Å². The van der Waals surface area contributed by atoms with Crippen LogP contribution in [-0.4, -0.2) is 40.9 Å². The average molecular weight is 419 g/mol. The van der Waals surface area contributed by atoms with Gasteiger partial charge in [0.15, 0.2) is 0 Å². The highest BCUT2D eigenvalue weighted by molar-refractivity contribution is 9.26. The normalized spacial score (nSPS) is 14.7. The van der Waals surface area contributed by atoms with Crippen molar-refractivity contribution in [1.29, 1.82) is 0 Å². The van der Waals surface area contributed by atoms with Crippen LogP contribution in [0.15, 0.2) is 0 Å². The molecule has 0 aliphatic rings. The van der Waals surface area contributed by atoms with Crippen LogP contribution >= 0.6 is 41.2 Å². The summed E-state index contributed by atoms with van der Waals surface area (Å²) in [4.78, 5) is 0. The zero-order valence-electron chi connectivity index (χ0n) is 15.0. The molecule has 22 heavy (non-hydrogen) atoms. The summed E-state index contributed by atoms with van der Waals surface area (Å²) < 4.78 is 12.1. The number of ether oxygens (including phenoxy) is 2. The number of rotatable bonds is 15. The van der Waals surface area contributed by atoms with Gasteiger partial charge in [0.1, 0.15) is 0 Å². The van der Waals surface area contributed by atoms with E-state index in [2.05, 4.69) is 40.0 Å². The lowest BCUT2D eigenvalue weighted by Gasteiger charge is -2.21. The van der Waals surface area contributed by atoms with E-state index in [1.165, 1.54) is 25.7 Å². The van der Waals surface area contributed by atoms with Crippen molar-refractivity contribution in [1.82, 2.24) is 0 Å². The van der Waals surface area contributed by atoms with Gasteiger partial charge in [-0.2, -0.15) is 0 Å². The Labute approximate surface area is 156 Å². The lowest BCUT2D eigenvalue weighted by Crippen LogP contribution is -2.24. The van der Waals surface area contributed by atoms with Crippen LogP contribution in [0.25, 0.3) is 0 Å². The minimum atomic E-state index is -0.763. The molecule has 0 aliphatic heterocycles. The standard InChI is InChI=1S/C14H34O2S4Si2/c1-7-9-11-15-13(21(3)4)17-19-20-18-14(22(5)6)16-12-10-8-2/h13-14,21-22H,7-12H2,1-6H3. The largest absolute Gasteiger partial charge is 0.371 e. The molecule has 0 radical (unpaired) electrons.